The average Bonchev–Trinajstić information content (AvgIpc) is 3.17. The first-order chi connectivity index (χ1) is 16.2. The van der Waals surface area contributed by atoms with Gasteiger partial charge >= 0.3 is 6.09 Å². The third-order valence-electron chi connectivity index (χ3n) is 6.04. The van der Waals surface area contributed by atoms with Crippen molar-refractivity contribution in [1.82, 2.24) is 25.1 Å². The highest BCUT2D eigenvalue weighted by Gasteiger charge is 2.25. The number of hydroxylamine groups is 2. The minimum Gasteiger partial charge on any atom is -0.762 e. The van der Waals surface area contributed by atoms with Crippen molar-refractivity contribution in [2.75, 3.05) is 13.6 Å². The van der Waals surface area contributed by atoms with E-state index in [9.17, 15) is 14.4 Å². The van der Waals surface area contributed by atoms with Crippen LogP contribution in [0.1, 0.15) is 51.6 Å². The fraction of sp³-hybridized carbons (Fsp3) is 0.609. The highest BCUT2D eigenvalue weighted by molar-refractivity contribution is 5.68. The maximum atomic E-state index is 14.9. The maximum absolute atomic E-state index is 14.9. The molecular weight excluding hydrogens is 445 g/mol. The molecule has 1 N–H and O–H groups in total. The number of benzene rings is 1. The first-order valence-electron chi connectivity index (χ1n) is 11.5. The fourth-order valence-electron chi connectivity index (χ4n) is 3.90. The molecule has 188 valence electrons. The van der Waals surface area contributed by atoms with Gasteiger partial charge < -0.3 is 24.8 Å². The molecule has 0 spiro atoms. The number of halogens is 1. The summed E-state index contributed by atoms with van der Waals surface area (Å²) in [5.41, 5.74) is 1.41. The highest BCUT2D eigenvalue weighted by atomic mass is 19.1. The smallest absolute Gasteiger partial charge is 0.409 e. The van der Waals surface area contributed by atoms with Crippen LogP contribution in [-0.2, 0) is 18.4 Å². The van der Waals surface area contributed by atoms with E-state index in [1.165, 1.54) is 21.7 Å². The second-order valence-electron chi connectivity index (χ2n) is 9.18. The van der Waals surface area contributed by atoms with E-state index in [0.717, 1.165) is 6.42 Å². The lowest BCUT2D eigenvalue weighted by atomic mass is 9.93. The first kappa shape index (κ1) is 25.9. The van der Waals surface area contributed by atoms with Crippen LogP contribution in [-0.4, -0.2) is 62.2 Å². The standard InChI is InChI=1S/C23H33FN5O5/c1-15(2)10-11-27(3)23(30)33-14-20-22(25-26-28(20)4)16-8-9-21(19(24)12-16)34-18-7-5-6-17(13-18)29(31)32/h8-9,12,15,17-18,31H,5-7,10-11,13-14H2,1-4H3/q-1/t17-,18-/m0/s1. The molecule has 1 amide bonds. The summed E-state index contributed by atoms with van der Waals surface area (Å²) in [4.78, 5) is 13.8. The number of rotatable bonds is 9. The second kappa shape index (κ2) is 11.6. The van der Waals surface area contributed by atoms with Crippen molar-refractivity contribution < 1.29 is 23.9 Å². The van der Waals surface area contributed by atoms with Crippen LogP contribution in [0.15, 0.2) is 18.2 Å². The number of aromatic nitrogens is 3. The van der Waals surface area contributed by atoms with E-state index in [-0.39, 0.29) is 23.7 Å². The van der Waals surface area contributed by atoms with E-state index in [1.54, 1.807) is 20.2 Å². The number of ether oxygens (including phenoxy) is 2. The molecule has 10 nitrogen and oxygen atoms in total. The van der Waals surface area contributed by atoms with Crippen molar-refractivity contribution >= 4 is 6.09 Å². The van der Waals surface area contributed by atoms with E-state index in [2.05, 4.69) is 24.2 Å². The molecule has 0 bridgehead atoms. The second-order valence-corrected chi connectivity index (χ2v) is 9.18. The summed E-state index contributed by atoms with van der Waals surface area (Å²) >= 11 is 0. The average molecular weight is 479 g/mol. The molecule has 1 fully saturated rings. The van der Waals surface area contributed by atoms with Crippen LogP contribution in [0.2, 0.25) is 0 Å². The number of nitrogens with zero attached hydrogens (tertiary/aromatic N) is 5. The Balaban J connectivity index is 1.66. The van der Waals surface area contributed by atoms with Gasteiger partial charge in [0.2, 0.25) is 0 Å². The van der Waals surface area contributed by atoms with E-state index in [4.69, 9.17) is 14.7 Å². The molecule has 2 aromatic rings. The normalized spacial score (nSPS) is 18.4. The van der Waals surface area contributed by atoms with Crippen LogP contribution in [0.3, 0.4) is 0 Å². The fourth-order valence-corrected chi connectivity index (χ4v) is 3.90. The molecule has 0 saturated heterocycles. The zero-order valence-corrected chi connectivity index (χ0v) is 20.1. The Hall–Kier alpha value is -2.76. The van der Waals surface area contributed by atoms with Gasteiger partial charge in [-0.1, -0.05) is 19.1 Å². The Labute approximate surface area is 198 Å². The lowest BCUT2D eigenvalue weighted by Crippen LogP contribution is -2.36. The Morgan fingerprint density at radius 1 is 1.38 bits per heavy atom. The number of carbonyl (C=O) groups excluding carboxylic acids is 1. The maximum Gasteiger partial charge on any atom is 0.409 e. The Morgan fingerprint density at radius 2 is 2.15 bits per heavy atom. The summed E-state index contributed by atoms with van der Waals surface area (Å²) in [6.45, 7) is 4.71. The summed E-state index contributed by atoms with van der Waals surface area (Å²) in [5, 5.41) is 28.4. The Kier molecular flexibility index (Phi) is 8.81. The van der Waals surface area contributed by atoms with Crippen LogP contribution in [0.5, 0.6) is 5.75 Å². The SMILES string of the molecule is CC(C)CCN(C)C(=O)OCc1c(-c2ccc(O[C@H]3CCC[C@H](N([O-])O)C3)c(F)c2)nnn1C. The van der Waals surface area contributed by atoms with Gasteiger partial charge in [0.15, 0.2) is 11.6 Å². The minimum absolute atomic E-state index is 0.0422. The van der Waals surface area contributed by atoms with Gasteiger partial charge in [-0.25, -0.2) is 13.9 Å². The highest BCUT2D eigenvalue weighted by Crippen LogP contribution is 2.30. The van der Waals surface area contributed by atoms with Crippen molar-refractivity contribution in [3.63, 3.8) is 0 Å². The van der Waals surface area contributed by atoms with Gasteiger partial charge in [-0.2, -0.15) is 0 Å². The van der Waals surface area contributed by atoms with Crippen LogP contribution >= 0.6 is 0 Å². The molecule has 1 aliphatic rings. The van der Waals surface area contributed by atoms with Crippen LogP contribution in [0, 0.1) is 16.9 Å². The van der Waals surface area contributed by atoms with Gasteiger partial charge in [-0.3, -0.25) is 5.23 Å². The summed E-state index contributed by atoms with van der Waals surface area (Å²) in [6, 6.07) is 3.92. The first-order valence-corrected chi connectivity index (χ1v) is 11.5. The van der Waals surface area contributed by atoms with Gasteiger partial charge in [0.25, 0.3) is 0 Å². The molecule has 1 aliphatic carbocycles. The Bertz CT molecular complexity index is 967. The summed E-state index contributed by atoms with van der Waals surface area (Å²) < 4.78 is 27.5. The molecule has 1 saturated carbocycles. The molecule has 1 aromatic carbocycles. The molecule has 34 heavy (non-hydrogen) atoms. The summed E-state index contributed by atoms with van der Waals surface area (Å²) in [5.74, 6) is -0.0429. The minimum atomic E-state index is -0.579. The summed E-state index contributed by atoms with van der Waals surface area (Å²) in [6.07, 6.45) is 2.35. The van der Waals surface area contributed by atoms with E-state index >= 15 is 0 Å². The van der Waals surface area contributed by atoms with Crippen molar-refractivity contribution in [2.45, 2.75) is 64.7 Å². The molecule has 0 radical (unpaired) electrons. The number of hydrogen-bond donors (Lipinski definition) is 1. The number of hydrogen-bond acceptors (Lipinski definition) is 8. The number of carbonyl (C=O) groups is 1. The third-order valence-corrected chi connectivity index (χ3v) is 6.04. The van der Waals surface area contributed by atoms with Crippen molar-refractivity contribution in [3.05, 3.63) is 34.9 Å². The largest absolute Gasteiger partial charge is 0.762 e. The third kappa shape index (κ3) is 6.64. The lowest BCUT2D eigenvalue weighted by molar-refractivity contribution is -0.0991. The van der Waals surface area contributed by atoms with Gasteiger partial charge in [-0.05, 0) is 49.8 Å². The monoisotopic (exact) mass is 478 g/mol. The molecule has 1 aromatic heterocycles. The molecule has 1 heterocycles. The van der Waals surface area contributed by atoms with Crippen molar-refractivity contribution in [3.8, 4) is 17.0 Å². The van der Waals surface area contributed by atoms with Crippen molar-refractivity contribution in [1.29, 1.82) is 0 Å². The number of amides is 1. The van der Waals surface area contributed by atoms with Crippen LogP contribution < -0.4 is 4.74 Å². The van der Waals surface area contributed by atoms with Gasteiger partial charge in [0.1, 0.15) is 24.1 Å². The van der Waals surface area contributed by atoms with Crippen LogP contribution in [0.25, 0.3) is 11.3 Å². The summed E-state index contributed by atoms with van der Waals surface area (Å²) in [7, 11) is 3.36. The zero-order chi connectivity index (χ0) is 24.8. The predicted octanol–water partition coefficient (Wildman–Crippen LogP) is 4.11. The van der Waals surface area contributed by atoms with Crippen molar-refractivity contribution in [2.24, 2.45) is 13.0 Å². The number of aryl methyl sites for hydroxylation is 1. The molecule has 3 rings (SSSR count). The van der Waals surface area contributed by atoms with Gasteiger partial charge in [0, 0.05) is 38.7 Å². The van der Waals surface area contributed by atoms with E-state index in [0.29, 0.717) is 55.1 Å². The lowest BCUT2D eigenvalue weighted by Gasteiger charge is -2.37. The Morgan fingerprint density at radius 3 is 2.82 bits per heavy atom. The van der Waals surface area contributed by atoms with Gasteiger partial charge in [-0.15, -0.1) is 5.10 Å². The molecule has 0 unspecified atom stereocenters. The topological polar surface area (TPSA) is 116 Å². The molecular formula is C23H33FN5O5-. The zero-order valence-electron chi connectivity index (χ0n) is 20.1. The van der Waals surface area contributed by atoms with E-state index < -0.39 is 18.0 Å². The molecule has 2 atom stereocenters. The molecule has 0 aliphatic heterocycles. The quantitative estimate of drug-likeness (QED) is 0.535. The predicted molar refractivity (Wildman–Crippen MR) is 122 cm³/mol. The van der Waals surface area contributed by atoms with E-state index in [1.807, 2.05) is 0 Å². The molecule has 11 heteroatoms. The van der Waals surface area contributed by atoms with Gasteiger partial charge in [0.05, 0.1) is 0 Å². The van der Waals surface area contributed by atoms with Crippen LogP contribution in [0.4, 0.5) is 9.18 Å².